The van der Waals surface area contributed by atoms with E-state index in [1.54, 1.807) is 0 Å². The van der Waals surface area contributed by atoms with Crippen LogP contribution in [0.2, 0.25) is 0 Å². The molecule has 0 radical (unpaired) electrons. The zero-order valence-corrected chi connectivity index (χ0v) is 11.6. The van der Waals surface area contributed by atoms with E-state index in [2.05, 4.69) is 11.4 Å². The van der Waals surface area contributed by atoms with Crippen molar-refractivity contribution >= 4 is 18.3 Å². The highest BCUT2D eigenvalue weighted by Crippen LogP contribution is 2.22. The molecule has 1 aromatic rings. The molecule has 0 aliphatic heterocycles. The Morgan fingerprint density at radius 3 is 2.83 bits per heavy atom. The first kappa shape index (κ1) is 15.0. The molecule has 0 fully saturated rings. The minimum absolute atomic E-state index is 0. The third kappa shape index (κ3) is 3.72. The van der Waals surface area contributed by atoms with E-state index in [0.717, 1.165) is 24.8 Å². The van der Waals surface area contributed by atoms with Gasteiger partial charge in [-0.25, -0.2) is 0 Å². The fourth-order valence-electron chi connectivity index (χ4n) is 2.23. The summed E-state index contributed by atoms with van der Waals surface area (Å²) in [7, 11) is 0. The van der Waals surface area contributed by atoms with Crippen LogP contribution in [0.25, 0.3) is 0 Å². The standard InChI is InChI=1S/C14H20N2O.ClH/c1-10(15)7-8-16-14(17)13-6-5-11-3-2-4-12(11)9-13;/h5-6,9-10H,2-4,7-8,15H2,1H3,(H,16,17);1H. The number of carbonyl (C=O) groups excluding carboxylic acids is 1. The second kappa shape index (κ2) is 6.76. The van der Waals surface area contributed by atoms with Gasteiger partial charge in [0.25, 0.3) is 5.91 Å². The zero-order valence-electron chi connectivity index (χ0n) is 10.7. The van der Waals surface area contributed by atoms with Gasteiger partial charge < -0.3 is 11.1 Å². The lowest BCUT2D eigenvalue weighted by Crippen LogP contribution is -2.29. The number of fused-ring (bicyclic) bond motifs is 1. The Morgan fingerprint density at radius 1 is 1.39 bits per heavy atom. The first-order valence-electron chi connectivity index (χ1n) is 6.32. The summed E-state index contributed by atoms with van der Waals surface area (Å²) in [4.78, 5) is 11.9. The molecule has 1 unspecified atom stereocenters. The summed E-state index contributed by atoms with van der Waals surface area (Å²) in [5, 5.41) is 2.90. The number of rotatable bonds is 4. The van der Waals surface area contributed by atoms with Gasteiger partial charge in [0.2, 0.25) is 0 Å². The van der Waals surface area contributed by atoms with Crippen LogP contribution in [0.1, 0.15) is 41.3 Å². The van der Waals surface area contributed by atoms with E-state index < -0.39 is 0 Å². The Morgan fingerprint density at radius 2 is 2.11 bits per heavy atom. The maximum atomic E-state index is 11.9. The van der Waals surface area contributed by atoms with E-state index in [1.807, 2.05) is 19.1 Å². The number of hydrogen-bond acceptors (Lipinski definition) is 2. The highest BCUT2D eigenvalue weighted by Gasteiger charge is 2.13. The molecular formula is C14H21ClN2O. The van der Waals surface area contributed by atoms with Crippen molar-refractivity contribution in [2.45, 2.75) is 38.6 Å². The molecular weight excluding hydrogens is 248 g/mol. The average molecular weight is 269 g/mol. The predicted molar refractivity (Wildman–Crippen MR) is 76.3 cm³/mol. The molecule has 1 aliphatic carbocycles. The van der Waals surface area contributed by atoms with Gasteiger partial charge in [0, 0.05) is 18.2 Å². The van der Waals surface area contributed by atoms with Crippen LogP contribution in [0.3, 0.4) is 0 Å². The van der Waals surface area contributed by atoms with E-state index in [1.165, 1.54) is 17.5 Å². The molecule has 0 spiro atoms. The smallest absolute Gasteiger partial charge is 0.251 e. The zero-order chi connectivity index (χ0) is 12.3. The Kier molecular flexibility index (Phi) is 5.63. The van der Waals surface area contributed by atoms with Crippen molar-refractivity contribution in [3.8, 4) is 0 Å². The number of halogens is 1. The first-order valence-corrected chi connectivity index (χ1v) is 6.32. The summed E-state index contributed by atoms with van der Waals surface area (Å²) in [5.41, 5.74) is 9.15. The highest BCUT2D eigenvalue weighted by molar-refractivity contribution is 5.94. The van der Waals surface area contributed by atoms with Crippen LogP contribution < -0.4 is 11.1 Å². The Hall–Kier alpha value is -1.06. The van der Waals surface area contributed by atoms with Crippen LogP contribution in [0.4, 0.5) is 0 Å². The van der Waals surface area contributed by atoms with Gasteiger partial charge in [-0.2, -0.15) is 0 Å². The molecule has 100 valence electrons. The molecule has 0 saturated heterocycles. The van der Waals surface area contributed by atoms with E-state index in [4.69, 9.17) is 5.73 Å². The summed E-state index contributed by atoms with van der Waals surface area (Å²) < 4.78 is 0. The third-order valence-electron chi connectivity index (χ3n) is 3.25. The number of hydrogen-bond donors (Lipinski definition) is 2. The molecule has 0 aromatic heterocycles. The monoisotopic (exact) mass is 268 g/mol. The van der Waals surface area contributed by atoms with Gasteiger partial charge in [-0.15, -0.1) is 12.4 Å². The van der Waals surface area contributed by atoms with Gasteiger partial charge in [-0.05, 0) is 55.9 Å². The number of amides is 1. The predicted octanol–water partition coefficient (Wildman–Crippen LogP) is 2.06. The van der Waals surface area contributed by atoms with Crippen molar-refractivity contribution in [3.63, 3.8) is 0 Å². The van der Waals surface area contributed by atoms with Crippen LogP contribution >= 0.6 is 12.4 Å². The molecule has 0 bridgehead atoms. The van der Waals surface area contributed by atoms with Gasteiger partial charge in [-0.1, -0.05) is 6.07 Å². The number of benzene rings is 1. The first-order chi connectivity index (χ1) is 8.16. The summed E-state index contributed by atoms with van der Waals surface area (Å²) in [5.74, 6) is 0.0142. The van der Waals surface area contributed by atoms with Crippen LogP contribution in [-0.4, -0.2) is 18.5 Å². The SMILES string of the molecule is CC(N)CCNC(=O)c1ccc2c(c1)CCC2.Cl. The molecule has 1 amide bonds. The van der Waals surface area contributed by atoms with E-state index in [-0.39, 0.29) is 24.4 Å². The van der Waals surface area contributed by atoms with E-state index >= 15 is 0 Å². The third-order valence-corrected chi connectivity index (χ3v) is 3.25. The van der Waals surface area contributed by atoms with Crippen molar-refractivity contribution in [1.82, 2.24) is 5.32 Å². The lowest BCUT2D eigenvalue weighted by atomic mass is 10.1. The van der Waals surface area contributed by atoms with E-state index in [9.17, 15) is 4.79 Å². The summed E-state index contributed by atoms with van der Waals surface area (Å²) in [6.45, 7) is 2.59. The molecule has 3 nitrogen and oxygen atoms in total. The maximum absolute atomic E-state index is 11.9. The Labute approximate surface area is 115 Å². The average Bonchev–Trinajstić information content (AvgIpc) is 2.75. The topological polar surface area (TPSA) is 55.1 Å². The number of nitrogens with two attached hydrogens (primary N) is 1. The van der Waals surface area contributed by atoms with Crippen molar-refractivity contribution in [3.05, 3.63) is 34.9 Å². The van der Waals surface area contributed by atoms with Gasteiger partial charge in [0.05, 0.1) is 0 Å². The van der Waals surface area contributed by atoms with Crippen molar-refractivity contribution < 1.29 is 4.79 Å². The molecule has 4 heteroatoms. The van der Waals surface area contributed by atoms with Crippen LogP contribution in [-0.2, 0) is 12.8 Å². The van der Waals surface area contributed by atoms with Crippen molar-refractivity contribution in [2.75, 3.05) is 6.54 Å². The lowest BCUT2D eigenvalue weighted by Gasteiger charge is -2.08. The quantitative estimate of drug-likeness (QED) is 0.878. The molecule has 1 aromatic carbocycles. The van der Waals surface area contributed by atoms with E-state index in [0.29, 0.717) is 6.54 Å². The van der Waals surface area contributed by atoms with Gasteiger partial charge in [-0.3, -0.25) is 4.79 Å². The second-order valence-corrected chi connectivity index (χ2v) is 4.86. The highest BCUT2D eigenvalue weighted by atomic mass is 35.5. The number of carbonyl (C=O) groups is 1. The van der Waals surface area contributed by atoms with Gasteiger partial charge in [0.1, 0.15) is 0 Å². The molecule has 2 rings (SSSR count). The minimum Gasteiger partial charge on any atom is -0.352 e. The normalized spacial score (nSPS) is 14.6. The van der Waals surface area contributed by atoms with Crippen LogP contribution in [0.5, 0.6) is 0 Å². The molecule has 18 heavy (non-hydrogen) atoms. The number of aryl methyl sites for hydroxylation is 2. The Bertz CT molecular complexity index is 418. The molecule has 1 aliphatic rings. The fourth-order valence-corrected chi connectivity index (χ4v) is 2.23. The summed E-state index contributed by atoms with van der Waals surface area (Å²) >= 11 is 0. The fraction of sp³-hybridized carbons (Fsp3) is 0.500. The van der Waals surface area contributed by atoms with Gasteiger partial charge in [0.15, 0.2) is 0 Å². The largest absolute Gasteiger partial charge is 0.352 e. The van der Waals surface area contributed by atoms with Gasteiger partial charge >= 0.3 is 0 Å². The second-order valence-electron chi connectivity index (χ2n) is 4.86. The lowest BCUT2D eigenvalue weighted by molar-refractivity contribution is 0.0952. The Balaban J connectivity index is 0.00000162. The van der Waals surface area contributed by atoms with Crippen molar-refractivity contribution in [2.24, 2.45) is 5.73 Å². The minimum atomic E-state index is 0. The molecule has 0 heterocycles. The number of nitrogens with one attached hydrogen (secondary N) is 1. The summed E-state index contributed by atoms with van der Waals surface area (Å²) in [6, 6.07) is 6.17. The van der Waals surface area contributed by atoms with Crippen LogP contribution in [0, 0.1) is 0 Å². The summed E-state index contributed by atoms with van der Waals surface area (Å²) in [6.07, 6.45) is 4.29. The molecule has 0 saturated carbocycles. The maximum Gasteiger partial charge on any atom is 0.251 e. The van der Waals surface area contributed by atoms with Crippen molar-refractivity contribution in [1.29, 1.82) is 0 Å². The molecule has 3 N–H and O–H groups in total. The van der Waals surface area contributed by atoms with Crippen LogP contribution in [0.15, 0.2) is 18.2 Å². The molecule has 1 atom stereocenters.